The van der Waals surface area contributed by atoms with E-state index in [0.717, 1.165) is 5.56 Å². The maximum Gasteiger partial charge on any atom is 0.335 e. The summed E-state index contributed by atoms with van der Waals surface area (Å²) in [6.07, 6.45) is -0.158. The highest BCUT2D eigenvalue weighted by Gasteiger charge is 2.31. The van der Waals surface area contributed by atoms with Crippen LogP contribution in [0.25, 0.3) is 0 Å². The minimum Gasteiger partial charge on any atom is -0.478 e. The minimum atomic E-state index is -1.15. The molecular formula is C12H11ClN2O3. The number of carbonyl (C=O) groups excluding carboxylic acids is 1. The summed E-state index contributed by atoms with van der Waals surface area (Å²) < 4.78 is 0. The summed E-state index contributed by atoms with van der Waals surface area (Å²) in [4.78, 5) is 23.8. The van der Waals surface area contributed by atoms with Crippen LogP contribution >= 0.6 is 11.6 Å². The van der Waals surface area contributed by atoms with E-state index < -0.39 is 5.97 Å². The average Bonchev–Trinajstić information content (AvgIpc) is 2.60. The number of carboxylic acid groups (broad SMARTS) is 1. The molecule has 0 bridgehead atoms. The van der Waals surface area contributed by atoms with Crippen LogP contribution in [0, 0.1) is 0 Å². The van der Waals surface area contributed by atoms with E-state index in [9.17, 15) is 9.59 Å². The van der Waals surface area contributed by atoms with Gasteiger partial charge in [-0.2, -0.15) is 0 Å². The molecule has 0 atom stereocenters. The molecule has 0 aromatic heterocycles. The summed E-state index contributed by atoms with van der Waals surface area (Å²) in [5.41, 5.74) is 6.46. The van der Waals surface area contributed by atoms with Gasteiger partial charge < -0.3 is 10.8 Å². The molecule has 0 saturated carbocycles. The first kappa shape index (κ1) is 12.4. The zero-order valence-corrected chi connectivity index (χ0v) is 10.1. The molecule has 1 aromatic rings. The van der Waals surface area contributed by atoms with Gasteiger partial charge in [0.15, 0.2) is 0 Å². The Bertz CT molecular complexity index is 537. The molecule has 3 N–H and O–H groups in total. The van der Waals surface area contributed by atoms with E-state index in [0.29, 0.717) is 5.02 Å². The molecule has 2 rings (SSSR count). The Hall–Kier alpha value is -2.01. The van der Waals surface area contributed by atoms with E-state index >= 15 is 0 Å². The molecule has 0 aliphatic carbocycles. The quantitative estimate of drug-likeness (QED) is 0.864. The molecule has 0 radical (unpaired) electrons. The van der Waals surface area contributed by atoms with Gasteiger partial charge in [-0.1, -0.05) is 23.7 Å². The second kappa shape index (κ2) is 4.70. The Balaban J connectivity index is 2.21. The van der Waals surface area contributed by atoms with Crippen LogP contribution in [-0.4, -0.2) is 21.9 Å². The number of benzene rings is 1. The Labute approximate surface area is 108 Å². The van der Waals surface area contributed by atoms with Gasteiger partial charge in [-0.05, 0) is 17.7 Å². The lowest BCUT2D eigenvalue weighted by Gasteiger charge is -2.17. The van der Waals surface area contributed by atoms with Gasteiger partial charge in [0.05, 0.1) is 18.5 Å². The van der Waals surface area contributed by atoms with Crippen LogP contribution in [0.3, 0.4) is 0 Å². The number of hydrogen-bond acceptors (Lipinski definition) is 3. The lowest BCUT2D eigenvalue weighted by Crippen LogP contribution is -2.28. The average molecular weight is 267 g/mol. The van der Waals surface area contributed by atoms with Gasteiger partial charge in [-0.15, -0.1) is 0 Å². The number of carboxylic acids is 1. The molecule has 1 aliphatic heterocycles. The maximum absolute atomic E-state index is 11.7. The lowest BCUT2D eigenvalue weighted by molar-refractivity contribution is -0.134. The van der Waals surface area contributed by atoms with Crippen molar-refractivity contribution >= 4 is 23.5 Å². The molecular weight excluding hydrogens is 256 g/mol. The van der Waals surface area contributed by atoms with E-state index in [1.54, 1.807) is 24.3 Å². The van der Waals surface area contributed by atoms with Crippen molar-refractivity contribution in [3.63, 3.8) is 0 Å². The first-order valence-electron chi connectivity index (χ1n) is 5.25. The minimum absolute atomic E-state index is 0.0162. The lowest BCUT2D eigenvalue weighted by atomic mass is 10.2. The number of halogens is 1. The van der Waals surface area contributed by atoms with Gasteiger partial charge in [-0.3, -0.25) is 9.69 Å². The highest BCUT2D eigenvalue weighted by atomic mass is 35.5. The summed E-state index contributed by atoms with van der Waals surface area (Å²) in [5, 5.41) is 9.49. The normalized spacial score (nSPS) is 15.4. The van der Waals surface area contributed by atoms with E-state index in [1.807, 2.05) is 0 Å². The monoisotopic (exact) mass is 266 g/mol. The number of rotatable bonds is 3. The van der Waals surface area contributed by atoms with Gasteiger partial charge >= 0.3 is 5.97 Å². The van der Waals surface area contributed by atoms with Crippen LogP contribution in [0.1, 0.15) is 12.0 Å². The van der Waals surface area contributed by atoms with Crippen molar-refractivity contribution in [2.45, 2.75) is 13.0 Å². The Morgan fingerprint density at radius 1 is 1.39 bits per heavy atom. The van der Waals surface area contributed by atoms with Crippen molar-refractivity contribution in [2.75, 3.05) is 0 Å². The van der Waals surface area contributed by atoms with Crippen LogP contribution in [-0.2, 0) is 16.1 Å². The van der Waals surface area contributed by atoms with Crippen molar-refractivity contribution in [1.29, 1.82) is 0 Å². The van der Waals surface area contributed by atoms with E-state index in [4.69, 9.17) is 22.4 Å². The molecule has 1 aliphatic rings. The van der Waals surface area contributed by atoms with Crippen molar-refractivity contribution in [1.82, 2.24) is 4.90 Å². The van der Waals surface area contributed by atoms with Crippen molar-refractivity contribution in [3.8, 4) is 0 Å². The Kier molecular flexibility index (Phi) is 3.25. The van der Waals surface area contributed by atoms with Crippen LogP contribution in [0.5, 0.6) is 0 Å². The Morgan fingerprint density at radius 3 is 2.50 bits per heavy atom. The zero-order valence-electron chi connectivity index (χ0n) is 9.39. The van der Waals surface area contributed by atoms with E-state index in [-0.39, 0.29) is 30.3 Å². The van der Waals surface area contributed by atoms with Crippen molar-refractivity contribution < 1.29 is 14.7 Å². The largest absolute Gasteiger partial charge is 0.478 e. The predicted molar refractivity (Wildman–Crippen MR) is 65.5 cm³/mol. The maximum atomic E-state index is 11.7. The van der Waals surface area contributed by atoms with Crippen LogP contribution < -0.4 is 5.73 Å². The molecule has 18 heavy (non-hydrogen) atoms. The fourth-order valence-electron chi connectivity index (χ4n) is 1.77. The SMILES string of the molecule is NC1=C(C(=O)O)CC(=O)N1Cc1ccc(Cl)cc1. The topological polar surface area (TPSA) is 83.6 Å². The van der Waals surface area contributed by atoms with Crippen LogP contribution in [0.4, 0.5) is 0 Å². The smallest absolute Gasteiger partial charge is 0.335 e. The molecule has 0 unspecified atom stereocenters. The van der Waals surface area contributed by atoms with Gasteiger partial charge in [-0.25, -0.2) is 4.79 Å². The molecule has 0 saturated heterocycles. The van der Waals surface area contributed by atoms with Gasteiger partial charge in [0.2, 0.25) is 5.91 Å². The second-order valence-electron chi connectivity index (χ2n) is 3.95. The van der Waals surface area contributed by atoms with Gasteiger partial charge in [0.25, 0.3) is 0 Å². The number of nitrogens with two attached hydrogens (primary N) is 1. The van der Waals surface area contributed by atoms with Gasteiger partial charge in [0.1, 0.15) is 5.82 Å². The van der Waals surface area contributed by atoms with Gasteiger partial charge in [0, 0.05) is 5.02 Å². The summed E-state index contributed by atoms with van der Waals surface area (Å²) in [5.74, 6) is -1.44. The Morgan fingerprint density at radius 2 is 2.00 bits per heavy atom. The molecule has 1 heterocycles. The standard InChI is InChI=1S/C12H11ClN2O3/c13-8-3-1-7(2-4-8)6-15-10(16)5-9(11(15)14)12(17)18/h1-4H,5-6,14H2,(H,17,18). The van der Waals surface area contributed by atoms with Crippen molar-refractivity contribution in [3.05, 3.63) is 46.2 Å². The summed E-state index contributed by atoms with van der Waals surface area (Å²) in [6.45, 7) is 0.249. The molecule has 5 nitrogen and oxygen atoms in total. The first-order chi connectivity index (χ1) is 8.49. The third-order valence-corrected chi connectivity index (χ3v) is 2.99. The predicted octanol–water partition coefficient (Wildman–Crippen LogP) is 1.33. The summed E-state index contributed by atoms with van der Waals surface area (Å²) >= 11 is 5.76. The molecule has 1 amide bonds. The van der Waals surface area contributed by atoms with Crippen LogP contribution in [0.15, 0.2) is 35.7 Å². The number of amides is 1. The molecule has 94 valence electrons. The third-order valence-electron chi connectivity index (χ3n) is 2.74. The fraction of sp³-hybridized carbons (Fsp3) is 0.167. The highest BCUT2D eigenvalue weighted by Crippen LogP contribution is 2.23. The molecule has 0 fully saturated rings. The van der Waals surface area contributed by atoms with Crippen LogP contribution in [0.2, 0.25) is 5.02 Å². The third kappa shape index (κ3) is 2.31. The summed E-state index contributed by atoms with van der Waals surface area (Å²) in [7, 11) is 0. The van der Waals surface area contributed by atoms with E-state index in [1.165, 1.54) is 4.90 Å². The number of carbonyl (C=O) groups is 2. The molecule has 1 aromatic carbocycles. The fourth-order valence-corrected chi connectivity index (χ4v) is 1.89. The zero-order chi connectivity index (χ0) is 13.3. The van der Waals surface area contributed by atoms with Crippen molar-refractivity contribution in [2.24, 2.45) is 5.73 Å². The first-order valence-corrected chi connectivity index (χ1v) is 5.63. The highest BCUT2D eigenvalue weighted by molar-refractivity contribution is 6.30. The number of aliphatic carboxylic acids is 1. The summed E-state index contributed by atoms with van der Waals surface area (Å²) in [6, 6.07) is 6.94. The molecule has 6 heteroatoms. The number of hydrogen-bond donors (Lipinski definition) is 2. The second-order valence-corrected chi connectivity index (χ2v) is 4.39. The van der Waals surface area contributed by atoms with E-state index in [2.05, 4.69) is 0 Å². The molecule has 0 spiro atoms. The number of nitrogens with zero attached hydrogens (tertiary/aromatic N) is 1.